The van der Waals surface area contributed by atoms with Crippen molar-refractivity contribution >= 4 is 108 Å². The van der Waals surface area contributed by atoms with Crippen molar-refractivity contribution in [3.63, 3.8) is 0 Å². The molecule has 1 aliphatic rings. The number of hydrogen-bond acceptors (Lipinski definition) is 19. The molecule has 12 heterocycles. The van der Waals surface area contributed by atoms with Crippen LogP contribution in [-0.2, 0) is 23.4 Å². The number of fused-ring (bicyclic) bond motifs is 6. The van der Waals surface area contributed by atoms with Gasteiger partial charge in [0.25, 0.3) is 16.7 Å². The van der Waals surface area contributed by atoms with Crippen LogP contribution in [0.3, 0.4) is 0 Å². The molecule has 11 aromatic heterocycles. The van der Waals surface area contributed by atoms with E-state index in [2.05, 4.69) is 72.1 Å². The van der Waals surface area contributed by atoms with Gasteiger partial charge in [-0.3, -0.25) is 37.4 Å². The van der Waals surface area contributed by atoms with Gasteiger partial charge in [0.15, 0.2) is 33.7 Å². The first-order valence-electron chi connectivity index (χ1n) is 35.3. The Morgan fingerprint density at radius 1 is 0.450 bits per heavy atom. The van der Waals surface area contributed by atoms with Crippen LogP contribution in [0.5, 0.6) is 0 Å². The zero-order valence-electron chi connectivity index (χ0n) is 61.7. The lowest BCUT2D eigenvalue weighted by molar-refractivity contribution is 0.00578. The second kappa shape index (κ2) is 31.9. The molecule has 1 fully saturated rings. The number of nitrogens with two attached hydrogens (primary N) is 1. The Hall–Kier alpha value is -12.6. The molecule has 4 N–H and O–H groups in total. The summed E-state index contributed by atoms with van der Waals surface area (Å²) in [5.41, 5.74) is 14.3. The fourth-order valence-electron chi connectivity index (χ4n) is 12.9. The molecule has 6 aromatic carbocycles. The molecule has 3 atom stereocenters. The third-order valence-corrected chi connectivity index (χ3v) is 19.9. The number of aryl methyl sites for hydroxylation is 2. The Kier molecular flexibility index (Phi) is 21.7. The van der Waals surface area contributed by atoms with E-state index in [-0.39, 0.29) is 53.1 Å². The van der Waals surface area contributed by atoms with E-state index in [1.54, 1.807) is 98.3 Å². The van der Waals surface area contributed by atoms with Crippen LogP contribution in [0, 0.1) is 0 Å². The van der Waals surface area contributed by atoms with Crippen LogP contribution in [-0.4, -0.2) is 110 Å². The summed E-state index contributed by atoms with van der Waals surface area (Å²) in [5.74, 6) is 1.18. The van der Waals surface area contributed by atoms with Gasteiger partial charge in [0.05, 0.1) is 55.7 Å². The predicted molar refractivity (Wildman–Crippen MR) is 434 cm³/mol. The number of imidazole rings is 3. The van der Waals surface area contributed by atoms with Crippen LogP contribution in [0.2, 0.25) is 15.2 Å². The molecule has 0 aliphatic carbocycles. The highest BCUT2D eigenvalue weighted by atomic mass is 35.5. The van der Waals surface area contributed by atoms with E-state index >= 15 is 0 Å². The minimum Gasteiger partial charge on any atom is -0.399 e. The SMILES string of the molecule is C[C@H](N)c1cc2cccc(Cl)c2c(=O)n1-c1ccccc1.C[C@H](Nc1ncnn2ccnc12)c1cc2cccc(-c3cnn(C)c3)c2c(=O)n1-c1ccccc1.C[C@H](Nc1ncnn2ccnc12)c1cc2cccc(Cl)c2c(=O)n1-c1ccccc1.Clc1ncnn2ccnc12.Cn1cc(B2OC(C)(C)C(C)(C)O2)cn1. The largest absolute Gasteiger partial charge is 0.498 e. The first-order chi connectivity index (χ1) is 53.5. The summed E-state index contributed by atoms with van der Waals surface area (Å²) in [6, 6.07) is 50.7. The quantitative estimate of drug-likeness (QED) is 0.0957. The van der Waals surface area contributed by atoms with Gasteiger partial charge in [-0.05, 0) is 137 Å². The van der Waals surface area contributed by atoms with Crippen molar-refractivity contribution in [3.05, 3.63) is 308 Å². The van der Waals surface area contributed by atoms with Crippen molar-refractivity contribution in [2.24, 2.45) is 19.8 Å². The number of hydrogen-bond donors (Lipinski definition) is 3. The minimum absolute atomic E-state index is 0.0922. The second-order valence-electron chi connectivity index (χ2n) is 27.1. The molecular formula is C80H74BCl3N22O5. The summed E-state index contributed by atoms with van der Waals surface area (Å²) in [7, 11) is 3.45. The van der Waals surface area contributed by atoms with Gasteiger partial charge in [0, 0.05) is 121 Å². The Balaban J connectivity index is 0.000000122. The molecule has 0 bridgehead atoms. The number of para-hydroxylation sites is 3. The molecule has 0 saturated carbocycles. The first kappa shape index (κ1) is 75.3. The van der Waals surface area contributed by atoms with E-state index < -0.39 is 0 Å². The zero-order chi connectivity index (χ0) is 77.8. The molecule has 111 heavy (non-hydrogen) atoms. The van der Waals surface area contributed by atoms with E-state index in [1.807, 2.05) is 221 Å². The van der Waals surface area contributed by atoms with Gasteiger partial charge >= 0.3 is 7.12 Å². The van der Waals surface area contributed by atoms with Gasteiger partial charge in [0.2, 0.25) is 0 Å². The Morgan fingerprint density at radius 3 is 1.28 bits per heavy atom. The molecule has 0 radical (unpaired) electrons. The number of benzene rings is 6. The number of halogens is 3. The van der Waals surface area contributed by atoms with Gasteiger partial charge in [-0.2, -0.15) is 25.5 Å². The molecule has 17 aromatic rings. The normalized spacial score (nSPS) is 13.7. The summed E-state index contributed by atoms with van der Waals surface area (Å²) < 4.78 is 25.2. The molecule has 1 aliphatic heterocycles. The highest BCUT2D eigenvalue weighted by Gasteiger charge is 2.52. The number of nitrogens with one attached hydrogen (secondary N) is 2. The molecule has 27 nitrogen and oxygen atoms in total. The summed E-state index contributed by atoms with van der Waals surface area (Å²) in [5, 5.41) is 32.8. The highest BCUT2D eigenvalue weighted by molar-refractivity contribution is 6.62. The maximum absolute atomic E-state index is 14.1. The number of pyridine rings is 3. The monoisotopic (exact) mass is 1540 g/mol. The first-order valence-corrected chi connectivity index (χ1v) is 36.4. The Labute approximate surface area is 650 Å². The topological polar surface area (TPSA) is 299 Å². The lowest BCUT2D eigenvalue weighted by atomic mass is 9.82. The van der Waals surface area contributed by atoms with Crippen molar-refractivity contribution < 1.29 is 9.31 Å². The van der Waals surface area contributed by atoms with E-state index in [0.717, 1.165) is 66.9 Å². The molecule has 558 valence electrons. The standard InChI is InChI=1S/C26H22N8O.C22H17ClN6O.C17H15ClN2O.C10H17BN2O2.C5H3ClN4/c1-17(31-24-25-27-11-12-33(25)30-16-28-24)22-13-18-7-6-10-21(19-14-29-32(2)15-19)23(18)26(35)34(22)20-8-4-3-5-9-20;1-14(27-20-21-24-10-11-28(21)26-13-25-20)18-12-15-6-5-9-17(23)19(15)22(30)29(18)16-7-3-2-4-8-16;1-11(19)15-10-12-6-5-9-14(18)16(12)17(21)20(15)13-7-3-2-4-8-13;1-9(2)10(3,4)15-11(14-9)8-6-12-13(5)7-8;6-4-5-7-1-2-10(5)9-3-8-4/h3-17H,1-2H3,(H,28,30,31);2-14H,1H3,(H,25,26,27);2-11H,19H2,1H3;6-7H,1-5H3;1-3H/t17-;14-;11-;;/m000../s1. The van der Waals surface area contributed by atoms with Crippen molar-refractivity contribution in [1.82, 2.24) is 92.0 Å². The fraction of sp³-hybridized carbons (Fsp3) is 0.175. The zero-order valence-corrected chi connectivity index (χ0v) is 63.9. The van der Waals surface area contributed by atoms with Crippen molar-refractivity contribution in [1.29, 1.82) is 0 Å². The van der Waals surface area contributed by atoms with Crippen LogP contribution in [0.1, 0.15) is 83.7 Å². The van der Waals surface area contributed by atoms with Crippen LogP contribution in [0.4, 0.5) is 11.6 Å². The summed E-state index contributed by atoms with van der Waals surface area (Å²) in [6.07, 6.45) is 21.9. The van der Waals surface area contributed by atoms with E-state index in [9.17, 15) is 14.4 Å². The number of aromatic nitrogens is 19. The lowest BCUT2D eigenvalue weighted by Gasteiger charge is -2.32. The number of rotatable bonds is 12. The van der Waals surface area contributed by atoms with Crippen LogP contribution < -0.4 is 38.5 Å². The fourth-order valence-corrected chi connectivity index (χ4v) is 13.6. The average molecular weight is 1540 g/mol. The third kappa shape index (κ3) is 15.6. The van der Waals surface area contributed by atoms with Crippen LogP contribution in [0.25, 0.3) is 77.4 Å². The summed E-state index contributed by atoms with van der Waals surface area (Å²) in [4.78, 5) is 65.6. The van der Waals surface area contributed by atoms with Gasteiger partial charge in [-0.25, -0.2) is 43.5 Å². The van der Waals surface area contributed by atoms with Gasteiger partial charge < -0.3 is 25.7 Å². The van der Waals surface area contributed by atoms with Crippen molar-refractivity contribution in [3.8, 4) is 28.2 Å². The molecule has 18 rings (SSSR count). The van der Waals surface area contributed by atoms with E-state index in [4.69, 9.17) is 49.8 Å². The van der Waals surface area contributed by atoms with E-state index in [1.165, 1.54) is 19.0 Å². The maximum atomic E-state index is 14.1. The highest BCUT2D eigenvalue weighted by Crippen LogP contribution is 2.37. The molecule has 0 spiro atoms. The minimum atomic E-state index is -0.302. The maximum Gasteiger partial charge on any atom is 0.498 e. The second-order valence-corrected chi connectivity index (χ2v) is 28.3. The Bertz CT molecular complexity index is 6390. The average Bonchev–Trinajstić information content (AvgIpc) is 1.44. The van der Waals surface area contributed by atoms with Crippen molar-refractivity contribution in [2.75, 3.05) is 10.6 Å². The molecule has 1 saturated heterocycles. The molecule has 0 unspecified atom stereocenters. The van der Waals surface area contributed by atoms with E-state index in [0.29, 0.717) is 59.9 Å². The molecule has 31 heteroatoms. The number of anilines is 2. The van der Waals surface area contributed by atoms with Gasteiger partial charge in [-0.15, -0.1) is 0 Å². The molecular weight excluding hydrogens is 1470 g/mol. The predicted octanol–water partition coefficient (Wildman–Crippen LogP) is 13.4. The van der Waals surface area contributed by atoms with Crippen LogP contribution >= 0.6 is 34.8 Å². The smallest absolute Gasteiger partial charge is 0.399 e. The number of nitrogens with zero attached hydrogens (tertiary/aromatic N) is 19. The van der Waals surface area contributed by atoms with Crippen LogP contribution in [0.15, 0.2) is 259 Å². The van der Waals surface area contributed by atoms with Crippen molar-refractivity contribution in [2.45, 2.75) is 77.8 Å². The summed E-state index contributed by atoms with van der Waals surface area (Å²) >= 11 is 18.3. The Morgan fingerprint density at radius 2 is 0.847 bits per heavy atom. The summed E-state index contributed by atoms with van der Waals surface area (Å²) in [6.45, 7) is 14.0. The molecule has 0 amide bonds. The third-order valence-electron chi connectivity index (χ3n) is 19.0. The lowest BCUT2D eigenvalue weighted by Crippen LogP contribution is -2.41. The van der Waals surface area contributed by atoms with Gasteiger partial charge in [0.1, 0.15) is 19.0 Å². The van der Waals surface area contributed by atoms with Gasteiger partial charge in [-0.1, -0.05) is 132 Å².